The number of carbonyl (C=O) groups excluding carboxylic acids is 1. The van der Waals surface area contributed by atoms with E-state index in [4.69, 9.17) is 5.73 Å². The molecule has 0 saturated carbocycles. The lowest BCUT2D eigenvalue weighted by atomic mass is 9.86. The molecule has 1 rings (SSSR count). The zero-order valence-corrected chi connectivity index (χ0v) is 13.1. The van der Waals surface area contributed by atoms with Crippen LogP contribution in [0.4, 0.5) is 0 Å². The third kappa shape index (κ3) is 3.73. The molecule has 0 aliphatic heterocycles. The Morgan fingerprint density at radius 3 is 2.45 bits per heavy atom. The predicted octanol–water partition coefficient (Wildman–Crippen LogP) is 2.68. The Kier molecular flexibility index (Phi) is 5.17. The number of hydrogen-bond donors (Lipinski definition) is 2. The number of hydrogen-bond acceptors (Lipinski definition) is 3. The van der Waals surface area contributed by atoms with E-state index < -0.39 is 6.04 Å². The third-order valence-corrected chi connectivity index (χ3v) is 3.64. The van der Waals surface area contributed by atoms with Crippen LogP contribution in [0.3, 0.4) is 0 Å². The van der Waals surface area contributed by atoms with Gasteiger partial charge in [-0.05, 0) is 37.0 Å². The van der Waals surface area contributed by atoms with Crippen LogP contribution in [-0.4, -0.2) is 28.5 Å². The van der Waals surface area contributed by atoms with Crippen molar-refractivity contribution in [1.29, 1.82) is 0 Å². The highest BCUT2D eigenvalue weighted by Gasteiger charge is 2.32. The first kappa shape index (κ1) is 16.5. The van der Waals surface area contributed by atoms with Crippen LogP contribution < -0.4 is 5.73 Å². The van der Waals surface area contributed by atoms with Crippen molar-refractivity contribution in [2.24, 2.45) is 11.1 Å². The van der Waals surface area contributed by atoms with Gasteiger partial charge in [0.1, 0.15) is 5.75 Å². The van der Waals surface area contributed by atoms with Crippen molar-refractivity contribution >= 4 is 5.91 Å². The normalized spacial score (nSPS) is 14.7. The summed E-state index contributed by atoms with van der Waals surface area (Å²) < 4.78 is 0. The standard InChI is InChI=1S/C16H26N2O2/c1-6-18(15(20)14(17)16(3,4)5)11(2)12-8-7-9-13(19)10-12/h7-11,14,19H,6,17H2,1-5H3. The average molecular weight is 278 g/mol. The highest BCUT2D eigenvalue weighted by molar-refractivity contribution is 5.82. The van der Waals surface area contributed by atoms with Crippen molar-refractivity contribution < 1.29 is 9.90 Å². The summed E-state index contributed by atoms with van der Waals surface area (Å²) in [6.07, 6.45) is 0. The van der Waals surface area contributed by atoms with Crippen LogP contribution in [0.2, 0.25) is 0 Å². The van der Waals surface area contributed by atoms with E-state index in [-0.39, 0.29) is 23.1 Å². The van der Waals surface area contributed by atoms with Gasteiger partial charge in [0.2, 0.25) is 5.91 Å². The summed E-state index contributed by atoms with van der Waals surface area (Å²) in [6, 6.07) is 6.33. The van der Waals surface area contributed by atoms with Crippen molar-refractivity contribution in [3.05, 3.63) is 29.8 Å². The molecule has 1 amide bonds. The van der Waals surface area contributed by atoms with Gasteiger partial charge in [-0.15, -0.1) is 0 Å². The highest BCUT2D eigenvalue weighted by Crippen LogP contribution is 2.26. The van der Waals surface area contributed by atoms with Crippen molar-refractivity contribution in [3.8, 4) is 5.75 Å². The maximum Gasteiger partial charge on any atom is 0.240 e. The zero-order valence-electron chi connectivity index (χ0n) is 13.1. The number of nitrogens with two attached hydrogens (primary N) is 1. The van der Waals surface area contributed by atoms with Gasteiger partial charge in [0.15, 0.2) is 0 Å². The second-order valence-corrected chi connectivity index (χ2v) is 6.24. The second kappa shape index (κ2) is 6.27. The summed E-state index contributed by atoms with van der Waals surface area (Å²) in [4.78, 5) is 14.3. The third-order valence-electron chi connectivity index (χ3n) is 3.64. The molecule has 0 spiro atoms. The Balaban J connectivity index is 2.98. The predicted molar refractivity (Wildman–Crippen MR) is 81.3 cm³/mol. The summed E-state index contributed by atoms with van der Waals surface area (Å²) in [5, 5.41) is 9.57. The average Bonchev–Trinajstić information content (AvgIpc) is 2.37. The summed E-state index contributed by atoms with van der Waals surface area (Å²) >= 11 is 0. The van der Waals surface area contributed by atoms with Crippen LogP contribution in [0, 0.1) is 5.41 Å². The van der Waals surface area contributed by atoms with Gasteiger partial charge in [0.25, 0.3) is 0 Å². The number of rotatable bonds is 4. The molecule has 1 aromatic rings. The van der Waals surface area contributed by atoms with Crippen LogP contribution in [0.15, 0.2) is 24.3 Å². The number of aromatic hydroxyl groups is 1. The topological polar surface area (TPSA) is 66.6 Å². The molecule has 0 saturated heterocycles. The van der Waals surface area contributed by atoms with E-state index in [9.17, 15) is 9.90 Å². The molecule has 112 valence electrons. The molecule has 4 heteroatoms. The Morgan fingerprint density at radius 2 is 2.00 bits per heavy atom. The Hall–Kier alpha value is -1.55. The first-order chi connectivity index (χ1) is 9.18. The molecule has 0 aliphatic carbocycles. The number of phenolic OH excluding ortho intramolecular Hbond substituents is 1. The maximum atomic E-state index is 12.6. The summed E-state index contributed by atoms with van der Waals surface area (Å²) in [5.41, 5.74) is 6.71. The molecule has 20 heavy (non-hydrogen) atoms. The van der Waals surface area contributed by atoms with E-state index in [2.05, 4.69) is 0 Å². The minimum atomic E-state index is -0.540. The van der Waals surface area contributed by atoms with Gasteiger partial charge in [-0.1, -0.05) is 32.9 Å². The van der Waals surface area contributed by atoms with Crippen molar-refractivity contribution in [3.63, 3.8) is 0 Å². The maximum absolute atomic E-state index is 12.6. The Labute approximate surface area is 121 Å². The molecule has 0 bridgehead atoms. The molecule has 3 N–H and O–H groups in total. The number of amides is 1. The molecule has 0 aliphatic rings. The molecule has 0 aromatic heterocycles. The van der Waals surface area contributed by atoms with Crippen LogP contribution in [0.5, 0.6) is 5.75 Å². The molecule has 0 radical (unpaired) electrons. The lowest BCUT2D eigenvalue weighted by Gasteiger charge is -2.35. The fourth-order valence-corrected chi connectivity index (χ4v) is 2.13. The molecule has 4 nitrogen and oxygen atoms in total. The van der Waals surface area contributed by atoms with E-state index in [1.54, 1.807) is 23.1 Å². The van der Waals surface area contributed by atoms with E-state index in [1.807, 2.05) is 40.7 Å². The van der Waals surface area contributed by atoms with Gasteiger partial charge < -0.3 is 15.7 Å². The Bertz CT molecular complexity index is 466. The van der Waals surface area contributed by atoms with Crippen molar-refractivity contribution in [2.75, 3.05) is 6.54 Å². The second-order valence-electron chi connectivity index (χ2n) is 6.24. The highest BCUT2D eigenvalue weighted by atomic mass is 16.3. The number of phenols is 1. The van der Waals surface area contributed by atoms with Crippen molar-refractivity contribution in [1.82, 2.24) is 4.90 Å². The quantitative estimate of drug-likeness (QED) is 0.890. The van der Waals surface area contributed by atoms with Crippen LogP contribution in [0.25, 0.3) is 0 Å². The van der Waals surface area contributed by atoms with Gasteiger partial charge in [0.05, 0.1) is 12.1 Å². The fourth-order valence-electron chi connectivity index (χ4n) is 2.13. The van der Waals surface area contributed by atoms with Crippen LogP contribution >= 0.6 is 0 Å². The first-order valence-corrected chi connectivity index (χ1v) is 7.03. The van der Waals surface area contributed by atoms with Gasteiger partial charge >= 0.3 is 0 Å². The van der Waals surface area contributed by atoms with Gasteiger partial charge in [-0.2, -0.15) is 0 Å². The summed E-state index contributed by atoms with van der Waals surface area (Å²) in [7, 11) is 0. The first-order valence-electron chi connectivity index (χ1n) is 7.03. The van der Waals surface area contributed by atoms with Gasteiger partial charge in [-0.25, -0.2) is 0 Å². The van der Waals surface area contributed by atoms with Crippen LogP contribution in [0.1, 0.15) is 46.2 Å². The van der Waals surface area contributed by atoms with E-state index >= 15 is 0 Å². The summed E-state index contributed by atoms with van der Waals surface area (Å²) in [6.45, 7) is 10.4. The molecular weight excluding hydrogens is 252 g/mol. The van der Waals surface area contributed by atoms with Gasteiger partial charge in [0, 0.05) is 6.54 Å². The van der Waals surface area contributed by atoms with E-state index in [1.165, 1.54) is 0 Å². The lowest BCUT2D eigenvalue weighted by molar-refractivity contribution is -0.136. The molecule has 2 atom stereocenters. The molecular formula is C16H26N2O2. The van der Waals surface area contributed by atoms with Crippen molar-refractivity contribution in [2.45, 2.75) is 46.7 Å². The smallest absolute Gasteiger partial charge is 0.240 e. The molecule has 1 aromatic carbocycles. The SMILES string of the molecule is CCN(C(=O)C(N)C(C)(C)C)C(C)c1cccc(O)c1. The monoisotopic (exact) mass is 278 g/mol. The minimum absolute atomic E-state index is 0.0594. The fraction of sp³-hybridized carbons (Fsp3) is 0.562. The van der Waals surface area contributed by atoms with Gasteiger partial charge in [-0.3, -0.25) is 4.79 Å². The van der Waals surface area contributed by atoms with Crippen LogP contribution in [-0.2, 0) is 4.79 Å². The largest absolute Gasteiger partial charge is 0.508 e. The molecule has 2 unspecified atom stereocenters. The Morgan fingerprint density at radius 1 is 1.40 bits per heavy atom. The number of carbonyl (C=O) groups is 1. The number of likely N-dealkylation sites (N-methyl/N-ethyl adjacent to an activating group) is 1. The van der Waals surface area contributed by atoms with E-state index in [0.29, 0.717) is 6.54 Å². The number of benzene rings is 1. The molecule has 0 heterocycles. The lowest BCUT2D eigenvalue weighted by Crippen LogP contribution is -2.51. The zero-order chi connectivity index (χ0) is 15.5. The molecule has 0 fully saturated rings. The van der Waals surface area contributed by atoms with E-state index in [0.717, 1.165) is 5.56 Å². The summed E-state index contributed by atoms with van der Waals surface area (Å²) in [5.74, 6) is 0.147. The number of nitrogens with zero attached hydrogens (tertiary/aromatic N) is 1. The minimum Gasteiger partial charge on any atom is -0.508 e.